The second-order valence-corrected chi connectivity index (χ2v) is 3.21. The van der Waals surface area contributed by atoms with E-state index >= 15 is 0 Å². The van der Waals surface area contributed by atoms with E-state index in [1.165, 1.54) is 24.0 Å². The van der Waals surface area contributed by atoms with Crippen molar-refractivity contribution in [1.82, 2.24) is 5.32 Å². The topological polar surface area (TPSA) is 12.0 Å². The lowest BCUT2D eigenvalue weighted by Gasteiger charge is -2.10. The van der Waals surface area contributed by atoms with Gasteiger partial charge in [0.05, 0.1) is 0 Å². The summed E-state index contributed by atoms with van der Waals surface area (Å²) in [6.07, 6.45) is 8.46. The third-order valence-corrected chi connectivity index (χ3v) is 2.44. The molecule has 1 heteroatoms. The highest BCUT2D eigenvalue weighted by Crippen LogP contribution is 2.26. The summed E-state index contributed by atoms with van der Waals surface area (Å²) in [7, 11) is 2.02. The van der Waals surface area contributed by atoms with Crippen molar-refractivity contribution in [3.8, 4) is 0 Å². The molecular formula is C11H17N. The van der Waals surface area contributed by atoms with Gasteiger partial charge in [-0.1, -0.05) is 30.4 Å². The number of nitrogens with one attached hydrogen (secondary N) is 1. The summed E-state index contributed by atoms with van der Waals surface area (Å²) in [5.41, 5.74) is 2.95. The van der Waals surface area contributed by atoms with Crippen LogP contribution in [0.5, 0.6) is 0 Å². The zero-order chi connectivity index (χ0) is 8.97. The molecule has 0 saturated heterocycles. The third-order valence-electron chi connectivity index (χ3n) is 2.44. The summed E-state index contributed by atoms with van der Waals surface area (Å²) in [5, 5.41) is 3.31. The molecule has 0 radical (unpaired) electrons. The molecule has 1 atom stereocenters. The SMILES string of the molecule is C=C/C=C\C1=C(C)CCC1NC. The second kappa shape index (κ2) is 4.27. The molecule has 0 aromatic rings. The molecule has 12 heavy (non-hydrogen) atoms. The molecule has 1 aliphatic carbocycles. The molecule has 1 nitrogen and oxygen atoms in total. The molecule has 0 aromatic heterocycles. The maximum atomic E-state index is 3.67. The van der Waals surface area contributed by atoms with Gasteiger partial charge in [-0.15, -0.1) is 0 Å². The molecule has 0 aromatic carbocycles. The summed E-state index contributed by atoms with van der Waals surface area (Å²) in [6, 6.07) is 0.557. The molecule has 0 saturated carbocycles. The van der Waals surface area contributed by atoms with E-state index in [1.54, 1.807) is 0 Å². The Kier molecular flexibility index (Phi) is 3.30. The molecule has 1 rings (SSSR count). The van der Waals surface area contributed by atoms with Crippen LogP contribution in [-0.2, 0) is 0 Å². The van der Waals surface area contributed by atoms with Crippen molar-refractivity contribution in [3.63, 3.8) is 0 Å². The Bertz CT molecular complexity index is 223. The lowest BCUT2D eigenvalue weighted by atomic mass is 10.1. The molecule has 0 spiro atoms. The molecule has 1 unspecified atom stereocenters. The Hall–Kier alpha value is -0.820. The van der Waals surface area contributed by atoms with E-state index in [4.69, 9.17) is 0 Å². The van der Waals surface area contributed by atoms with E-state index < -0.39 is 0 Å². The van der Waals surface area contributed by atoms with Crippen LogP contribution < -0.4 is 5.32 Å². The van der Waals surface area contributed by atoms with Gasteiger partial charge in [0.25, 0.3) is 0 Å². The van der Waals surface area contributed by atoms with Crippen LogP contribution in [0.2, 0.25) is 0 Å². The van der Waals surface area contributed by atoms with Gasteiger partial charge < -0.3 is 5.32 Å². The zero-order valence-corrected chi connectivity index (χ0v) is 7.93. The summed E-state index contributed by atoms with van der Waals surface area (Å²) in [5.74, 6) is 0. The average molecular weight is 163 g/mol. The highest BCUT2D eigenvalue weighted by molar-refractivity contribution is 5.35. The van der Waals surface area contributed by atoms with Crippen molar-refractivity contribution in [2.24, 2.45) is 0 Å². The van der Waals surface area contributed by atoms with Gasteiger partial charge in [-0.25, -0.2) is 0 Å². The quantitative estimate of drug-likeness (QED) is 0.630. The fourth-order valence-corrected chi connectivity index (χ4v) is 1.69. The van der Waals surface area contributed by atoms with Crippen LogP contribution in [-0.4, -0.2) is 13.1 Å². The summed E-state index contributed by atoms with van der Waals surface area (Å²) < 4.78 is 0. The van der Waals surface area contributed by atoms with Crippen LogP contribution >= 0.6 is 0 Å². The number of rotatable bonds is 3. The minimum absolute atomic E-state index is 0.557. The van der Waals surface area contributed by atoms with E-state index in [0.29, 0.717) is 6.04 Å². The van der Waals surface area contributed by atoms with Gasteiger partial charge in [-0.2, -0.15) is 0 Å². The van der Waals surface area contributed by atoms with Crippen LogP contribution in [0.4, 0.5) is 0 Å². The first-order chi connectivity index (χ1) is 5.79. The molecule has 1 aliphatic rings. The molecule has 0 fully saturated rings. The van der Waals surface area contributed by atoms with Crippen molar-refractivity contribution >= 4 is 0 Å². The third kappa shape index (κ3) is 1.86. The first kappa shape index (κ1) is 9.27. The van der Waals surface area contributed by atoms with Crippen molar-refractivity contribution in [2.75, 3.05) is 7.05 Å². The van der Waals surface area contributed by atoms with Gasteiger partial charge in [0.2, 0.25) is 0 Å². The Morgan fingerprint density at radius 3 is 2.92 bits per heavy atom. The Morgan fingerprint density at radius 1 is 1.58 bits per heavy atom. The van der Waals surface area contributed by atoms with E-state index in [1.807, 2.05) is 19.2 Å². The molecule has 1 N–H and O–H groups in total. The fourth-order valence-electron chi connectivity index (χ4n) is 1.69. The maximum absolute atomic E-state index is 3.67. The number of allylic oxidation sites excluding steroid dienone is 3. The van der Waals surface area contributed by atoms with Gasteiger partial charge in [0, 0.05) is 6.04 Å². The molecule has 0 bridgehead atoms. The van der Waals surface area contributed by atoms with E-state index in [2.05, 4.69) is 24.9 Å². The van der Waals surface area contributed by atoms with Crippen molar-refractivity contribution < 1.29 is 0 Å². The molecular weight excluding hydrogens is 146 g/mol. The van der Waals surface area contributed by atoms with Crippen LogP contribution in [0.1, 0.15) is 19.8 Å². The van der Waals surface area contributed by atoms with Gasteiger partial charge in [-0.05, 0) is 32.4 Å². The molecule has 66 valence electrons. The van der Waals surface area contributed by atoms with Crippen molar-refractivity contribution in [3.05, 3.63) is 36.0 Å². The molecule has 0 heterocycles. The lowest BCUT2D eigenvalue weighted by Crippen LogP contribution is -2.23. The molecule has 0 amide bonds. The standard InChI is InChI=1S/C11H17N/c1-4-5-6-10-9(2)7-8-11(10)12-3/h4-6,11-12H,1,7-8H2,2-3H3/b6-5-. The normalized spacial score (nSPS) is 24.0. The van der Waals surface area contributed by atoms with Crippen molar-refractivity contribution in [1.29, 1.82) is 0 Å². The average Bonchev–Trinajstić information content (AvgIpc) is 2.43. The monoisotopic (exact) mass is 163 g/mol. The van der Waals surface area contributed by atoms with Gasteiger partial charge in [0.1, 0.15) is 0 Å². The Labute approximate surface area is 74.9 Å². The Balaban J connectivity index is 2.75. The van der Waals surface area contributed by atoms with E-state index in [0.717, 1.165) is 0 Å². The molecule has 0 aliphatic heterocycles. The minimum atomic E-state index is 0.557. The first-order valence-corrected chi connectivity index (χ1v) is 4.45. The maximum Gasteiger partial charge on any atom is 0.0320 e. The lowest BCUT2D eigenvalue weighted by molar-refractivity contribution is 0.635. The predicted molar refractivity (Wildman–Crippen MR) is 54.1 cm³/mol. The van der Waals surface area contributed by atoms with Crippen LogP contribution in [0.3, 0.4) is 0 Å². The Morgan fingerprint density at radius 2 is 2.33 bits per heavy atom. The van der Waals surface area contributed by atoms with Gasteiger partial charge in [-0.3, -0.25) is 0 Å². The van der Waals surface area contributed by atoms with E-state index in [-0.39, 0.29) is 0 Å². The van der Waals surface area contributed by atoms with E-state index in [9.17, 15) is 0 Å². The number of likely N-dealkylation sites (N-methyl/N-ethyl adjacent to an activating group) is 1. The van der Waals surface area contributed by atoms with Crippen molar-refractivity contribution in [2.45, 2.75) is 25.8 Å². The van der Waals surface area contributed by atoms with Crippen LogP contribution in [0.25, 0.3) is 0 Å². The predicted octanol–water partition coefficient (Wildman–Crippen LogP) is 2.43. The summed E-state index contributed by atoms with van der Waals surface area (Å²) in [4.78, 5) is 0. The number of hydrogen-bond donors (Lipinski definition) is 1. The largest absolute Gasteiger partial charge is 0.313 e. The second-order valence-electron chi connectivity index (χ2n) is 3.21. The first-order valence-electron chi connectivity index (χ1n) is 4.45. The van der Waals surface area contributed by atoms with Crippen LogP contribution in [0.15, 0.2) is 36.0 Å². The van der Waals surface area contributed by atoms with Gasteiger partial charge in [0.15, 0.2) is 0 Å². The van der Waals surface area contributed by atoms with Crippen LogP contribution in [0, 0.1) is 0 Å². The highest BCUT2D eigenvalue weighted by atomic mass is 14.9. The smallest absolute Gasteiger partial charge is 0.0320 e. The fraction of sp³-hybridized carbons (Fsp3) is 0.455. The highest BCUT2D eigenvalue weighted by Gasteiger charge is 2.18. The summed E-state index contributed by atoms with van der Waals surface area (Å²) in [6.45, 7) is 5.88. The summed E-state index contributed by atoms with van der Waals surface area (Å²) >= 11 is 0. The number of hydrogen-bond acceptors (Lipinski definition) is 1. The zero-order valence-electron chi connectivity index (χ0n) is 7.93. The van der Waals surface area contributed by atoms with Gasteiger partial charge >= 0.3 is 0 Å². The minimum Gasteiger partial charge on any atom is -0.313 e.